The summed E-state index contributed by atoms with van der Waals surface area (Å²) in [5, 5.41) is 3.01. The predicted molar refractivity (Wildman–Crippen MR) is 125 cm³/mol. The quantitative estimate of drug-likeness (QED) is 0.694. The summed E-state index contributed by atoms with van der Waals surface area (Å²) in [6.45, 7) is 10.5. The highest BCUT2D eigenvalue weighted by Crippen LogP contribution is 2.37. The van der Waals surface area contributed by atoms with Crippen molar-refractivity contribution in [1.29, 1.82) is 0 Å². The molecule has 0 bridgehead atoms. The third-order valence-electron chi connectivity index (χ3n) is 5.89. The smallest absolute Gasteiger partial charge is 0.410 e. The number of ether oxygens (including phenoxy) is 2. The van der Waals surface area contributed by atoms with Crippen LogP contribution in [-0.4, -0.2) is 51.7 Å². The van der Waals surface area contributed by atoms with Gasteiger partial charge in [0.25, 0.3) is 0 Å². The minimum atomic E-state index is -0.533. The molecule has 2 aromatic rings. The molecule has 33 heavy (non-hydrogen) atoms. The van der Waals surface area contributed by atoms with Crippen LogP contribution in [0.2, 0.25) is 0 Å². The van der Waals surface area contributed by atoms with Crippen LogP contribution in [0.15, 0.2) is 24.5 Å². The molecule has 4 rings (SSSR count). The highest BCUT2D eigenvalue weighted by atomic mass is 16.6. The Balaban J connectivity index is 1.54. The number of rotatable bonds is 6. The van der Waals surface area contributed by atoms with Crippen LogP contribution < -0.4 is 10.1 Å². The fourth-order valence-corrected chi connectivity index (χ4v) is 3.86. The molecule has 1 aromatic heterocycles. The Hall–Kier alpha value is -3.16. The van der Waals surface area contributed by atoms with Crippen LogP contribution in [0.4, 0.5) is 10.5 Å². The van der Waals surface area contributed by atoms with E-state index in [-0.39, 0.29) is 24.0 Å². The summed E-state index contributed by atoms with van der Waals surface area (Å²) in [5.41, 5.74) is 3.55. The summed E-state index contributed by atoms with van der Waals surface area (Å²) in [4.78, 5) is 35.1. The number of likely N-dealkylation sites (tertiary alicyclic amines) is 1. The van der Waals surface area contributed by atoms with Crippen LogP contribution in [0.1, 0.15) is 51.4 Å². The number of aryl methyl sites for hydroxylation is 2. The first-order chi connectivity index (χ1) is 15.6. The van der Waals surface area contributed by atoms with Crippen molar-refractivity contribution in [3.8, 4) is 16.9 Å². The molecule has 176 valence electrons. The van der Waals surface area contributed by atoms with Gasteiger partial charge in [-0.05, 0) is 72.1 Å². The van der Waals surface area contributed by atoms with Crippen molar-refractivity contribution in [2.45, 2.75) is 65.5 Å². The molecule has 1 aliphatic carbocycles. The maximum atomic E-state index is 12.4. The van der Waals surface area contributed by atoms with E-state index < -0.39 is 5.60 Å². The maximum absolute atomic E-state index is 12.4. The van der Waals surface area contributed by atoms with Gasteiger partial charge in [-0.25, -0.2) is 14.8 Å². The van der Waals surface area contributed by atoms with Crippen LogP contribution in [0.25, 0.3) is 11.1 Å². The molecule has 2 heterocycles. The Bertz CT molecular complexity index is 1040. The molecule has 1 aromatic carbocycles. The molecule has 0 unspecified atom stereocenters. The lowest BCUT2D eigenvalue weighted by atomic mass is 10.0. The zero-order chi connectivity index (χ0) is 23.8. The van der Waals surface area contributed by atoms with E-state index in [0.717, 1.165) is 47.5 Å². The standard InChI is InChI=1S/C25H32N4O4/c1-15-22(16(2)27-14-26-15)20-12-18(28-23(30)17-6-7-17)8-9-21(20)32-13-19-10-11-29(19)24(31)33-25(3,4)5/h8-9,12,14,17,19H,6-7,10-11,13H2,1-5H3,(H,28,30)/t19-/m1/s1. The van der Waals surface area contributed by atoms with Gasteiger partial charge >= 0.3 is 6.09 Å². The molecule has 2 amide bonds. The van der Waals surface area contributed by atoms with Crippen molar-refractivity contribution in [1.82, 2.24) is 14.9 Å². The number of hydrogen-bond acceptors (Lipinski definition) is 6. The Labute approximate surface area is 194 Å². The Morgan fingerprint density at radius 2 is 1.82 bits per heavy atom. The van der Waals surface area contributed by atoms with E-state index in [1.807, 2.05) is 52.8 Å². The third-order valence-corrected chi connectivity index (χ3v) is 5.89. The van der Waals surface area contributed by atoms with Gasteiger partial charge in [0.05, 0.1) is 6.04 Å². The van der Waals surface area contributed by atoms with Gasteiger partial charge in [-0.15, -0.1) is 0 Å². The molecular weight excluding hydrogens is 420 g/mol. The first kappa shape index (κ1) is 23.0. The fourth-order valence-electron chi connectivity index (χ4n) is 3.86. The molecule has 1 atom stereocenters. The van der Waals surface area contributed by atoms with Crippen molar-refractivity contribution in [2.75, 3.05) is 18.5 Å². The van der Waals surface area contributed by atoms with Crippen LogP contribution in [0, 0.1) is 19.8 Å². The van der Waals surface area contributed by atoms with E-state index in [4.69, 9.17) is 9.47 Å². The van der Waals surface area contributed by atoms with E-state index in [9.17, 15) is 9.59 Å². The molecule has 1 saturated heterocycles. The molecular formula is C25H32N4O4. The normalized spacial score (nSPS) is 17.8. The number of nitrogens with one attached hydrogen (secondary N) is 1. The lowest BCUT2D eigenvalue weighted by Crippen LogP contribution is -2.55. The minimum Gasteiger partial charge on any atom is -0.491 e. The molecule has 1 saturated carbocycles. The number of carbonyl (C=O) groups is 2. The van der Waals surface area contributed by atoms with Crippen molar-refractivity contribution in [2.24, 2.45) is 5.92 Å². The van der Waals surface area contributed by atoms with Gasteiger partial charge in [0.2, 0.25) is 5.91 Å². The lowest BCUT2D eigenvalue weighted by Gasteiger charge is -2.41. The number of anilines is 1. The second-order valence-electron chi connectivity index (χ2n) is 9.82. The van der Waals surface area contributed by atoms with E-state index in [1.54, 1.807) is 11.2 Å². The van der Waals surface area contributed by atoms with Crippen LogP contribution in [0.3, 0.4) is 0 Å². The zero-order valence-electron chi connectivity index (χ0n) is 20.0. The van der Waals surface area contributed by atoms with Gasteiger partial charge < -0.3 is 19.7 Å². The lowest BCUT2D eigenvalue weighted by molar-refractivity contribution is -0.117. The third kappa shape index (κ3) is 5.43. The average Bonchev–Trinajstić information content (AvgIpc) is 3.52. The first-order valence-electron chi connectivity index (χ1n) is 11.5. The summed E-state index contributed by atoms with van der Waals surface area (Å²) in [6, 6.07) is 5.58. The van der Waals surface area contributed by atoms with Gasteiger partial charge in [0, 0.05) is 40.7 Å². The minimum absolute atomic E-state index is 0.0452. The van der Waals surface area contributed by atoms with E-state index in [0.29, 0.717) is 18.9 Å². The number of benzene rings is 1. The molecule has 2 aliphatic rings. The summed E-state index contributed by atoms with van der Waals surface area (Å²) in [6.07, 6.45) is 3.97. The van der Waals surface area contributed by atoms with Crippen LogP contribution >= 0.6 is 0 Å². The van der Waals surface area contributed by atoms with Crippen molar-refractivity contribution in [3.63, 3.8) is 0 Å². The molecule has 8 heteroatoms. The van der Waals surface area contributed by atoms with Crippen molar-refractivity contribution in [3.05, 3.63) is 35.9 Å². The molecule has 1 aliphatic heterocycles. The summed E-state index contributed by atoms with van der Waals surface area (Å²) < 4.78 is 11.7. The first-order valence-corrected chi connectivity index (χ1v) is 11.5. The number of amides is 2. The predicted octanol–water partition coefficient (Wildman–Crippen LogP) is 4.50. The van der Waals surface area contributed by atoms with E-state index >= 15 is 0 Å². The summed E-state index contributed by atoms with van der Waals surface area (Å²) in [5.74, 6) is 0.830. The second kappa shape index (κ2) is 9.00. The topological polar surface area (TPSA) is 93.6 Å². The second-order valence-corrected chi connectivity index (χ2v) is 9.82. The van der Waals surface area contributed by atoms with Crippen LogP contribution in [0.5, 0.6) is 5.75 Å². The number of aromatic nitrogens is 2. The van der Waals surface area contributed by atoms with Gasteiger partial charge in [0.1, 0.15) is 24.3 Å². The monoisotopic (exact) mass is 452 g/mol. The Kier molecular flexibility index (Phi) is 6.28. The molecule has 2 fully saturated rings. The SMILES string of the molecule is Cc1ncnc(C)c1-c1cc(NC(=O)C2CC2)ccc1OC[C@H]1CCN1C(=O)OC(C)(C)C. The van der Waals surface area contributed by atoms with Gasteiger partial charge in [-0.2, -0.15) is 0 Å². The number of carbonyl (C=O) groups excluding carboxylic acids is 2. The van der Waals surface area contributed by atoms with Crippen LogP contribution in [-0.2, 0) is 9.53 Å². The van der Waals surface area contributed by atoms with Crippen molar-refractivity contribution < 1.29 is 19.1 Å². The highest BCUT2D eigenvalue weighted by molar-refractivity contribution is 5.95. The zero-order valence-corrected chi connectivity index (χ0v) is 20.0. The Morgan fingerprint density at radius 3 is 2.39 bits per heavy atom. The van der Waals surface area contributed by atoms with Crippen molar-refractivity contribution >= 4 is 17.7 Å². The molecule has 0 spiro atoms. The largest absolute Gasteiger partial charge is 0.491 e. The summed E-state index contributed by atoms with van der Waals surface area (Å²) >= 11 is 0. The van der Waals surface area contributed by atoms with E-state index in [1.165, 1.54) is 0 Å². The van der Waals surface area contributed by atoms with Gasteiger partial charge in [-0.1, -0.05) is 0 Å². The number of nitrogens with zero attached hydrogens (tertiary/aromatic N) is 3. The highest BCUT2D eigenvalue weighted by Gasteiger charge is 2.36. The summed E-state index contributed by atoms with van der Waals surface area (Å²) in [7, 11) is 0. The molecule has 8 nitrogen and oxygen atoms in total. The molecule has 0 radical (unpaired) electrons. The van der Waals surface area contributed by atoms with Gasteiger partial charge in [0.15, 0.2) is 0 Å². The fraction of sp³-hybridized carbons (Fsp3) is 0.520. The average molecular weight is 453 g/mol. The van der Waals surface area contributed by atoms with E-state index in [2.05, 4.69) is 15.3 Å². The maximum Gasteiger partial charge on any atom is 0.410 e. The van der Waals surface area contributed by atoms with Gasteiger partial charge in [-0.3, -0.25) is 4.79 Å². The Morgan fingerprint density at radius 1 is 1.12 bits per heavy atom. The molecule has 1 N–H and O–H groups in total. The number of hydrogen-bond donors (Lipinski definition) is 1.